The normalized spacial score (nSPS) is 14.3. The number of amides is 2. The Morgan fingerprint density at radius 1 is 1.09 bits per heavy atom. The van der Waals surface area contributed by atoms with E-state index >= 15 is 0 Å². The predicted molar refractivity (Wildman–Crippen MR) is 179 cm³/mol. The van der Waals surface area contributed by atoms with Crippen LogP contribution in [0.1, 0.15) is 46.4 Å². The number of hydrogen-bond donors (Lipinski definition) is 4. The maximum absolute atomic E-state index is 13.1. The predicted octanol–water partition coefficient (Wildman–Crippen LogP) is 5.85. The molecular formula is C35H38ClFN6O3. The molecule has 4 aromatic rings. The van der Waals surface area contributed by atoms with Crippen LogP contribution in [0.5, 0.6) is 5.75 Å². The molecule has 2 amide bonds. The summed E-state index contributed by atoms with van der Waals surface area (Å²) < 4.78 is 18.1. The van der Waals surface area contributed by atoms with Crippen LogP contribution in [0.2, 0.25) is 5.02 Å². The van der Waals surface area contributed by atoms with Crippen LogP contribution >= 0.6 is 11.6 Å². The molecule has 2 aromatic heterocycles. The van der Waals surface area contributed by atoms with E-state index in [9.17, 15) is 14.0 Å². The van der Waals surface area contributed by atoms with E-state index in [4.69, 9.17) is 16.3 Å². The van der Waals surface area contributed by atoms with Gasteiger partial charge >= 0.3 is 0 Å². The number of halogens is 2. The molecule has 2 aromatic carbocycles. The van der Waals surface area contributed by atoms with Gasteiger partial charge < -0.3 is 26.0 Å². The van der Waals surface area contributed by atoms with Crippen molar-refractivity contribution in [1.29, 1.82) is 0 Å². The van der Waals surface area contributed by atoms with Crippen molar-refractivity contribution in [2.24, 2.45) is 0 Å². The standard InChI is InChI=1S/C35H38ClFN6O3/c1-22-27(28-13-16-40-34(33(28)36)24-8-9-25(31(17-24)46-2)20-38-15-4-14-37)5-3-6-29(22)43-35(45)30-11-7-23(19-41-30)18-39-21-26-10-12-32(44)42-26/h3,5-9,11,13,16-17,19,26,38-39H,4,10,12,14-15,18,20-21H2,1-2H3,(H,42,44)(H,43,45)/t26-/m1/s1. The Balaban J connectivity index is 1.28. The second-order valence-electron chi connectivity index (χ2n) is 11.2. The summed E-state index contributed by atoms with van der Waals surface area (Å²) in [6.45, 7) is 4.00. The minimum Gasteiger partial charge on any atom is -0.496 e. The van der Waals surface area contributed by atoms with E-state index in [2.05, 4.69) is 31.2 Å². The fraction of sp³-hybridized carbons (Fsp3) is 0.314. The first-order valence-electron chi connectivity index (χ1n) is 15.3. The van der Waals surface area contributed by atoms with E-state index in [1.807, 2.05) is 55.5 Å². The molecule has 0 saturated carbocycles. The summed E-state index contributed by atoms with van der Waals surface area (Å²) in [6.07, 6.45) is 5.27. The quantitative estimate of drug-likeness (QED) is 0.127. The number of methoxy groups -OCH3 is 1. The number of carbonyl (C=O) groups is 2. The van der Waals surface area contributed by atoms with Crippen molar-refractivity contribution < 1.29 is 18.7 Å². The van der Waals surface area contributed by atoms with Crippen LogP contribution in [0.15, 0.2) is 67.0 Å². The number of pyridine rings is 2. The lowest BCUT2D eigenvalue weighted by molar-refractivity contribution is -0.119. The molecule has 3 heterocycles. The first-order valence-corrected chi connectivity index (χ1v) is 15.7. The van der Waals surface area contributed by atoms with E-state index in [1.165, 1.54) is 0 Å². The zero-order valence-corrected chi connectivity index (χ0v) is 26.7. The smallest absolute Gasteiger partial charge is 0.274 e. The van der Waals surface area contributed by atoms with Crippen molar-refractivity contribution in [2.45, 2.75) is 45.3 Å². The molecule has 0 radical (unpaired) electrons. The highest BCUT2D eigenvalue weighted by atomic mass is 35.5. The second kappa shape index (κ2) is 15.8. The van der Waals surface area contributed by atoms with Crippen LogP contribution in [-0.2, 0) is 17.9 Å². The van der Waals surface area contributed by atoms with E-state index in [1.54, 1.807) is 25.6 Å². The monoisotopic (exact) mass is 644 g/mol. The molecule has 1 aliphatic heterocycles. The summed E-state index contributed by atoms with van der Waals surface area (Å²) in [5, 5.41) is 13.0. The Morgan fingerprint density at radius 3 is 2.70 bits per heavy atom. The summed E-state index contributed by atoms with van der Waals surface area (Å²) in [5.74, 6) is 0.464. The number of rotatable bonds is 14. The minimum atomic E-state index is -0.354. The first kappa shape index (κ1) is 33.0. The van der Waals surface area contributed by atoms with Crippen molar-refractivity contribution in [1.82, 2.24) is 25.9 Å². The molecule has 0 unspecified atom stereocenters. The lowest BCUT2D eigenvalue weighted by atomic mass is 9.97. The largest absolute Gasteiger partial charge is 0.496 e. The summed E-state index contributed by atoms with van der Waals surface area (Å²) in [7, 11) is 1.61. The minimum absolute atomic E-state index is 0.0954. The van der Waals surface area contributed by atoms with Gasteiger partial charge in [0.2, 0.25) is 5.91 Å². The van der Waals surface area contributed by atoms with Gasteiger partial charge in [-0.3, -0.25) is 23.9 Å². The highest BCUT2D eigenvalue weighted by Gasteiger charge is 2.20. The molecule has 240 valence electrons. The van der Waals surface area contributed by atoms with Gasteiger partial charge in [0.25, 0.3) is 5.91 Å². The summed E-state index contributed by atoms with van der Waals surface area (Å²) >= 11 is 6.98. The fourth-order valence-corrected chi connectivity index (χ4v) is 5.76. The molecule has 9 nitrogen and oxygen atoms in total. The van der Waals surface area contributed by atoms with Crippen LogP contribution < -0.4 is 26.0 Å². The van der Waals surface area contributed by atoms with Gasteiger partial charge in [-0.15, -0.1) is 0 Å². The molecule has 4 N–H and O–H groups in total. The molecule has 0 aliphatic carbocycles. The topological polar surface area (TPSA) is 117 Å². The zero-order chi connectivity index (χ0) is 32.5. The highest BCUT2D eigenvalue weighted by molar-refractivity contribution is 6.35. The summed E-state index contributed by atoms with van der Waals surface area (Å²) in [6, 6.07) is 17.1. The fourth-order valence-electron chi connectivity index (χ4n) is 5.44. The van der Waals surface area contributed by atoms with Gasteiger partial charge in [0.05, 0.1) is 24.5 Å². The lowest BCUT2D eigenvalue weighted by Gasteiger charge is -2.16. The number of carbonyl (C=O) groups excluding carboxylic acids is 2. The Morgan fingerprint density at radius 2 is 1.96 bits per heavy atom. The van der Waals surface area contributed by atoms with Crippen LogP contribution in [0, 0.1) is 6.92 Å². The van der Waals surface area contributed by atoms with Gasteiger partial charge in [0.15, 0.2) is 0 Å². The number of hydrogen-bond acceptors (Lipinski definition) is 7. The third-order valence-corrected chi connectivity index (χ3v) is 8.37. The van der Waals surface area contributed by atoms with E-state index in [0.717, 1.165) is 39.8 Å². The van der Waals surface area contributed by atoms with Crippen LogP contribution in [0.3, 0.4) is 0 Å². The van der Waals surface area contributed by atoms with Crippen molar-refractivity contribution in [3.63, 3.8) is 0 Å². The molecule has 5 rings (SSSR count). The van der Waals surface area contributed by atoms with Gasteiger partial charge in [-0.1, -0.05) is 41.9 Å². The van der Waals surface area contributed by atoms with Gasteiger partial charge in [0, 0.05) is 66.9 Å². The van der Waals surface area contributed by atoms with Gasteiger partial charge in [-0.05, 0) is 67.3 Å². The van der Waals surface area contributed by atoms with Crippen molar-refractivity contribution in [2.75, 3.05) is 32.2 Å². The second-order valence-corrected chi connectivity index (χ2v) is 11.6. The molecule has 1 aliphatic rings. The number of alkyl halides is 1. The molecule has 11 heteroatoms. The Labute approximate surface area is 273 Å². The van der Waals surface area contributed by atoms with Crippen molar-refractivity contribution in [3.05, 3.63) is 94.4 Å². The molecule has 0 spiro atoms. The van der Waals surface area contributed by atoms with Crippen LogP contribution in [0.4, 0.5) is 10.1 Å². The van der Waals surface area contributed by atoms with Gasteiger partial charge in [-0.2, -0.15) is 0 Å². The third kappa shape index (κ3) is 8.06. The lowest BCUT2D eigenvalue weighted by Crippen LogP contribution is -2.35. The number of anilines is 1. The van der Waals surface area contributed by atoms with Crippen LogP contribution in [-0.4, -0.2) is 54.7 Å². The average Bonchev–Trinajstić information content (AvgIpc) is 3.49. The molecule has 1 saturated heterocycles. The molecule has 46 heavy (non-hydrogen) atoms. The number of benzene rings is 2. The number of nitrogens with one attached hydrogen (secondary N) is 4. The maximum atomic E-state index is 13.1. The first-order chi connectivity index (χ1) is 22.4. The molecule has 1 fully saturated rings. The van der Waals surface area contributed by atoms with Gasteiger partial charge in [-0.25, -0.2) is 0 Å². The van der Waals surface area contributed by atoms with Gasteiger partial charge in [0.1, 0.15) is 11.4 Å². The van der Waals surface area contributed by atoms with Crippen molar-refractivity contribution >= 4 is 29.1 Å². The molecular weight excluding hydrogens is 607 g/mol. The van der Waals surface area contributed by atoms with E-state index < -0.39 is 0 Å². The van der Waals surface area contributed by atoms with Crippen LogP contribution in [0.25, 0.3) is 22.4 Å². The number of nitrogens with zero attached hydrogens (tertiary/aromatic N) is 2. The summed E-state index contributed by atoms with van der Waals surface area (Å²) in [5.41, 5.74) is 6.74. The Bertz CT molecular complexity index is 1680. The highest BCUT2D eigenvalue weighted by Crippen LogP contribution is 2.39. The maximum Gasteiger partial charge on any atom is 0.274 e. The third-order valence-electron chi connectivity index (χ3n) is 7.99. The number of aromatic nitrogens is 2. The summed E-state index contributed by atoms with van der Waals surface area (Å²) in [4.78, 5) is 33.5. The SMILES string of the molecule is COc1cc(-c2nccc(-c3cccc(NC(=O)c4ccc(CNC[C@H]5CCC(=O)N5)cn4)c3C)c2Cl)ccc1CNCCCF. The Kier molecular flexibility index (Phi) is 11.3. The van der Waals surface area contributed by atoms with E-state index in [-0.39, 0.29) is 24.5 Å². The number of ether oxygens (including phenoxy) is 1. The zero-order valence-electron chi connectivity index (χ0n) is 26.0. The molecule has 0 bridgehead atoms. The molecule has 1 atom stereocenters. The average molecular weight is 645 g/mol. The van der Waals surface area contributed by atoms with E-state index in [0.29, 0.717) is 66.9 Å². The Hall–Kier alpha value is -4.38. The van der Waals surface area contributed by atoms with Crippen molar-refractivity contribution in [3.8, 4) is 28.1 Å².